The first kappa shape index (κ1) is 13.8. The number of anilines is 1. The summed E-state index contributed by atoms with van der Waals surface area (Å²) in [5, 5.41) is 0. The molecule has 0 bridgehead atoms. The normalized spacial score (nSPS) is 24.3. The van der Waals surface area contributed by atoms with E-state index in [1.165, 1.54) is 12.1 Å². The lowest BCUT2D eigenvalue weighted by Crippen LogP contribution is -2.47. The van der Waals surface area contributed by atoms with E-state index in [9.17, 15) is 0 Å². The maximum absolute atomic E-state index is 5.68. The molecule has 1 fully saturated rings. The molecule has 1 saturated heterocycles. The predicted molar refractivity (Wildman–Crippen MR) is 78.9 cm³/mol. The number of piperidine rings is 1. The smallest absolute Gasteiger partial charge is 0.0825 e. The summed E-state index contributed by atoms with van der Waals surface area (Å²) in [5.74, 6) is 0. The topological polar surface area (TPSA) is 38.5 Å². The van der Waals surface area contributed by atoms with Crippen LogP contribution in [0.5, 0.6) is 0 Å². The van der Waals surface area contributed by atoms with Crippen LogP contribution >= 0.6 is 15.9 Å². The molecule has 100 valence electrons. The van der Waals surface area contributed by atoms with Gasteiger partial charge in [0.15, 0.2) is 0 Å². The molecule has 1 aliphatic heterocycles. The highest BCUT2D eigenvalue weighted by Gasteiger charge is 2.30. The van der Waals surface area contributed by atoms with E-state index >= 15 is 0 Å². The van der Waals surface area contributed by atoms with Crippen LogP contribution in [0.15, 0.2) is 22.7 Å². The molecule has 0 aliphatic carbocycles. The molecule has 0 aromatic heterocycles. The second kappa shape index (κ2) is 5.59. The fourth-order valence-corrected chi connectivity index (χ4v) is 3.02. The Labute approximate surface area is 117 Å². The van der Waals surface area contributed by atoms with Gasteiger partial charge in [-0.1, -0.05) is 22.0 Å². The molecular formula is C14H21BrN2O. The van der Waals surface area contributed by atoms with Crippen molar-refractivity contribution >= 4 is 21.6 Å². The lowest BCUT2D eigenvalue weighted by atomic mass is 9.94. The zero-order chi connectivity index (χ0) is 13.2. The lowest BCUT2D eigenvalue weighted by molar-refractivity contribution is -0.00465. The van der Waals surface area contributed by atoms with Crippen molar-refractivity contribution in [1.29, 1.82) is 0 Å². The fourth-order valence-electron chi connectivity index (χ4n) is 2.49. The van der Waals surface area contributed by atoms with Crippen molar-refractivity contribution in [2.24, 2.45) is 5.73 Å². The second-order valence-corrected chi connectivity index (χ2v) is 6.01. The van der Waals surface area contributed by atoms with Crippen LogP contribution in [-0.2, 0) is 11.3 Å². The molecule has 4 heteroatoms. The lowest BCUT2D eigenvalue weighted by Gasteiger charge is -2.40. The van der Waals surface area contributed by atoms with Gasteiger partial charge in [-0.25, -0.2) is 0 Å². The van der Waals surface area contributed by atoms with E-state index in [1.807, 2.05) is 0 Å². The number of halogens is 1. The molecule has 1 heterocycles. The van der Waals surface area contributed by atoms with Crippen LogP contribution in [0.2, 0.25) is 0 Å². The van der Waals surface area contributed by atoms with Crippen LogP contribution in [0.1, 0.15) is 25.3 Å². The van der Waals surface area contributed by atoms with Crippen molar-refractivity contribution in [3.8, 4) is 0 Å². The summed E-state index contributed by atoms with van der Waals surface area (Å²) in [6.07, 6.45) is 2.29. The van der Waals surface area contributed by atoms with Crippen LogP contribution in [0.25, 0.3) is 0 Å². The van der Waals surface area contributed by atoms with Crippen LogP contribution in [0.4, 0.5) is 5.69 Å². The van der Waals surface area contributed by atoms with Crippen molar-refractivity contribution in [1.82, 2.24) is 0 Å². The number of nitrogens with two attached hydrogens (primary N) is 1. The maximum atomic E-state index is 5.68. The monoisotopic (exact) mass is 312 g/mol. The Balaban J connectivity index is 2.18. The minimum Gasteiger partial charge on any atom is -0.377 e. The Bertz CT molecular complexity index is 424. The van der Waals surface area contributed by atoms with Crippen LogP contribution in [0, 0.1) is 0 Å². The van der Waals surface area contributed by atoms with Gasteiger partial charge in [0.2, 0.25) is 0 Å². The molecule has 0 amide bonds. The Morgan fingerprint density at radius 3 is 2.89 bits per heavy atom. The van der Waals surface area contributed by atoms with E-state index < -0.39 is 0 Å². The quantitative estimate of drug-likeness (QED) is 0.932. The van der Waals surface area contributed by atoms with E-state index in [0.717, 1.165) is 29.5 Å². The van der Waals surface area contributed by atoms with E-state index in [4.69, 9.17) is 10.5 Å². The van der Waals surface area contributed by atoms with Gasteiger partial charge in [-0.05, 0) is 37.5 Å². The number of benzene rings is 1. The molecule has 3 nitrogen and oxygen atoms in total. The van der Waals surface area contributed by atoms with Crippen LogP contribution in [-0.4, -0.2) is 25.8 Å². The third-order valence-corrected chi connectivity index (χ3v) is 4.51. The highest BCUT2D eigenvalue weighted by atomic mass is 79.9. The zero-order valence-electron chi connectivity index (χ0n) is 11.1. The van der Waals surface area contributed by atoms with Crippen molar-refractivity contribution in [3.05, 3.63) is 28.2 Å². The van der Waals surface area contributed by atoms with E-state index in [2.05, 4.69) is 46.0 Å². The zero-order valence-corrected chi connectivity index (χ0v) is 12.7. The summed E-state index contributed by atoms with van der Waals surface area (Å²) >= 11 is 3.58. The van der Waals surface area contributed by atoms with Crippen molar-refractivity contribution < 1.29 is 4.74 Å². The summed E-state index contributed by atoms with van der Waals surface area (Å²) in [6.45, 7) is 4.78. The summed E-state index contributed by atoms with van der Waals surface area (Å²) in [4.78, 5) is 2.39. The third kappa shape index (κ3) is 2.87. The minimum atomic E-state index is -0.0305. The van der Waals surface area contributed by atoms with Gasteiger partial charge in [0.1, 0.15) is 0 Å². The van der Waals surface area contributed by atoms with Gasteiger partial charge in [-0.15, -0.1) is 0 Å². The second-order valence-electron chi connectivity index (χ2n) is 5.16. The van der Waals surface area contributed by atoms with Gasteiger partial charge in [0.25, 0.3) is 0 Å². The minimum absolute atomic E-state index is 0.0305. The molecule has 0 spiro atoms. The van der Waals surface area contributed by atoms with Gasteiger partial charge in [0.05, 0.1) is 5.60 Å². The van der Waals surface area contributed by atoms with Gasteiger partial charge < -0.3 is 15.4 Å². The van der Waals surface area contributed by atoms with E-state index in [0.29, 0.717) is 6.54 Å². The third-order valence-electron chi connectivity index (χ3n) is 3.77. The van der Waals surface area contributed by atoms with E-state index in [-0.39, 0.29) is 5.60 Å². The number of ether oxygens (including phenoxy) is 1. The maximum Gasteiger partial charge on any atom is 0.0825 e. The Morgan fingerprint density at radius 2 is 2.28 bits per heavy atom. The summed E-state index contributed by atoms with van der Waals surface area (Å²) < 4.78 is 6.72. The highest BCUT2D eigenvalue weighted by molar-refractivity contribution is 9.10. The predicted octanol–water partition coefficient (Wildman–Crippen LogP) is 2.91. The van der Waals surface area contributed by atoms with Gasteiger partial charge >= 0.3 is 0 Å². The number of methoxy groups -OCH3 is 1. The number of hydrogen-bond donors (Lipinski definition) is 1. The van der Waals surface area contributed by atoms with Gasteiger partial charge in [-0.2, -0.15) is 0 Å². The molecule has 1 atom stereocenters. The Hall–Kier alpha value is -0.580. The first-order chi connectivity index (χ1) is 8.58. The first-order valence-electron chi connectivity index (χ1n) is 6.36. The Morgan fingerprint density at radius 1 is 1.50 bits per heavy atom. The number of hydrogen-bond acceptors (Lipinski definition) is 3. The van der Waals surface area contributed by atoms with Crippen molar-refractivity contribution in [3.63, 3.8) is 0 Å². The van der Waals surface area contributed by atoms with Crippen molar-refractivity contribution in [2.75, 3.05) is 25.1 Å². The molecule has 0 radical (unpaired) electrons. The standard InChI is InChI=1S/C14H21BrN2O/c1-14(18-2)6-3-7-17(10-14)12-5-4-11(9-16)13(15)8-12/h4-5,8H,3,6-7,9-10,16H2,1-2H3. The highest BCUT2D eigenvalue weighted by Crippen LogP contribution is 2.30. The van der Waals surface area contributed by atoms with Crippen molar-refractivity contribution in [2.45, 2.75) is 31.9 Å². The largest absolute Gasteiger partial charge is 0.377 e. The molecule has 1 aromatic rings. The van der Waals surface area contributed by atoms with E-state index in [1.54, 1.807) is 7.11 Å². The number of rotatable bonds is 3. The molecule has 2 rings (SSSR count). The fraction of sp³-hybridized carbons (Fsp3) is 0.571. The average Bonchev–Trinajstić information content (AvgIpc) is 2.39. The first-order valence-corrected chi connectivity index (χ1v) is 7.16. The number of nitrogens with zero attached hydrogens (tertiary/aromatic N) is 1. The molecule has 0 saturated carbocycles. The molecule has 1 unspecified atom stereocenters. The summed E-state index contributed by atoms with van der Waals surface area (Å²) in [6, 6.07) is 6.40. The van der Waals surface area contributed by atoms with Crippen LogP contribution < -0.4 is 10.6 Å². The summed E-state index contributed by atoms with van der Waals surface area (Å²) in [7, 11) is 1.80. The summed E-state index contributed by atoms with van der Waals surface area (Å²) in [5.41, 5.74) is 8.03. The molecule has 18 heavy (non-hydrogen) atoms. The molecule has 1 aromatic carbocycles. The molecule has 2 N–H and O–H groups in total. The molecular weight excluding hydrogens is 292 g/mol. The molecule has 1 aliphatic rings. The average molecular weight is 313 g/mol. The Kier molecular flexibility index (Phi) is 4.30. The van der Waals surface area contributed by atoms with Gasteiger partial charge in [0, 0.05) is 36.9 Å². The van der Waals surface area contributed by atoms with Gasteiger partial charge in [-0.3, -0.25) is 0 Å². The SMILES string of the molecule is COC1(C)CCCN(c2ccc(CN)c(Br)c2)C1. The van der Waals surface area contributed by atoms with Crippen LogP contribution in [0.3, 0.4) is 0 Å².